The van der Waals surface area contributed by atoms with Crippen LogP contribution in [0.3, 0.4) is 0 Å². The minimum atomic E-state index is 0. The van der Waals surface area contributed by atoms with Gasteiger partial charge in [0.15, 0.2) is 0 Å². The minimum absolute atomic E-state index is 0. The zero-order chi connectivity index (χ0) is 2.00. The average molecular weight is 168 g/mol. The second-order valence-electron chi connectivity index (χ2n) is 0. The van der Waals surface area contributed by atoms with Crippen LogP contribution in [-0.2, 0) is 19.5 Å². The van der Waals surface area contributed by atoms with Gasteiger partial charge in [0.1, 0.15) is 0 Å². The first-order chi connectivity index (χ1) is 1.00. The van der Waals surface area contributed by atoms with Gasteiger partial charge in [-0.25, -0.2) is 5.26 Å². The summed E-state index contributed by atoms with van der Waals surface area (Å²) < 4.78 is 0. The zero-order valence-electron chi connectivity index (χ0n) is 3.38. The Kier molecular flexibility index (Phi) is 93.6. The smallest absolute Gasteiger partial charge is 1.00 e. The van der Waals surface area contributed by atoms with E-state index >= 15 is 0 Å². The number of nitrogens with zero attached hydrogens (tertiary/aromatic N) is 1. The molecule has 1 nitrogen and oxygen atoms in total. The van der Waals surface area contributed by atoms with Crippen molar-refractivity contribution < 1.29 is 72.3 Å². The normalized spacial score (nSPS) is 0.500. The largest absolute Gasteiger partial charge is 1.00 e. The summed E-state index contributed by atoms with van der Waals surface area (Å²) in [6.07, 6.45) is 0. The quantitative estimate of drug-likeness (QED) is 0.360. The van der Waals surface area contributed by atoms with Crippen molar-refractivity contribution >= 4 is 0 Å². The van der Waals surface area contributed by atoms with Gasteiger partial charge >= 0.3 is 51.4 Å². The van der Waals surface area contributed by atoms with Crippen molar-refractivity contribution in [3.63, 3.8) is 0 Å². The first kappa shape index (κ1) is 17.2. The van der Waals surface area contributed by atoms with Gasteiger partial charge in [0.25, 0.3) is 0 Å². The number of hydrogen-bond acceptors (Lipinski definition) is 1. The number of nitriles is 1. The van der Waals surface area contributed by atoms with Crippen molar-refractivity contribution in [1.29, 1.82) is 5.26 Å². The molecule has 4 heavy (non-hydrogen) atoms. The van der Waals surface area contributed by atoms with Crippen LogP contribution in [0.15, 0.2) is 0 Å². The number of rotatable bonds is 0. The average Bonchev–Trinajstić information content (AvgIpc) is 1.00. The van der Waals surface area contributed by atoms with Crippen LogP contribution in [0.4, 0.5) is 0 Å². The van der Waals surface area contributed by atoms with E-state index in [1.165, 1.54) is 0 Å². The molecule has 20 valence electrons. The van der Waals surface area contributed by atoms with E-state index < -0.39 is 0 Å². The Hall–Kier alpha value is 1.75. The predicted molar refractivity (Wildman–Crippen MR) is 7.78 cm³/mol. The Labute approximate surface area is 82.4 Å². The molecule has 0 radical (unpaired) electrons. The standard InChI is InChI=1S/CHN.K.Ru.H/c1-2;;;/h1H;;;/q;+1;;-1. The third-order valence-corrected chi connectivity index (χ3v) is 0. The zero-order valence-corrected chi connectivity index (χ0v) is 7.24. The molecule has 0 spiro atoms. The fourth-order valence-corrected chi connectivity index (χ4v) is 0. The van der Waals surface area contributed by atoms with E-state index in [0.29, 0.717) is 0 Å². The Morgan fingerprint density at radius 2 is 1.50 bits per heavy atom. The molecule has 0 saturated heterocycles. The molecule has 0 aliphatic heterocycles. The molecule has 3 heteroatoms. The minimum Gasteiger partial charge on any atom is -1.00 e. The van der Waals surface area contributed by atoms with Crippen molar-refractivity contribution in [2.24, 2.45) is 0 Å². The Balaban J connectivity index is -0.00000000167. The topological polar surface area (TPSA) is 23.8 Å². The van der Waals surface area contributed by atoms with Crippen LogP contribution in [0.5, 0.6) is 0 Å². The van der Waals surface area contributed by atoms with Crippen LogP contribution in [0.25, 0.3) is 0 Å². The maximum Gasteiger partial charge on any atom is 1.00 e. The molecule has 0 aromatic rings. The molecule has 0 N–H and O–H groups in total. The molecular weight excluding hydrogens is 166 g/mol. The van der Waals surface area contributed by atoms with Gasteiger partial charge in [0, 0.05) is 26.1 Å². The van der Waals surface area contributed by atoms with Crippen molar-refractivity contribution in [3.05, 3.63) is 0 Å². The molecule has 0 aromatic carbocycles. The SMILES string of the molecule is C#N.[H-].[K+].[Ru]. The summed E-state index contributed by atoms with van der Waals surface area (Å²) in [5, 5.41) is 6.50. The van der Waals surface area contributed by atoms with Crippen LogP contribution in [0.2, 0.25) is 0 Å². The van der Waals surface area contributed by atoms with Crippen LogP contribution < -0.4 is 51.4 Å². The maximum atomic E-state index is 6.50. The molecule has 0 fully saturated rings. The van der Waals surface area contributed by atoms with E-state index in [4.69, 9.17) is 5.26 Å². The van der Waals surface area contributed by atoms with E-state index in [0.717, 1.165) is 0 Å². The number of hydrogen-bond donors (Lipinski definition) is 0. The molecule has 0 bridgehead atoms. The molecule has 0 saturated carbocycles. The Morgan fingerprint density at radius 1 is 1.50 bits per heavy atom. The first-order valence-electron chi connectivity index (χ1n) is 0.258. The third-order valence-electron chi connectivity index (χ3n) is 0. The summed E-state index contributed by atoms with van der Waals surface area (Å²) in [5.74, 6) is 0. The van der Waals surface area contributed by atoms with E-state index in [-0.39, 0.29) is 72.3 Å². The summed E-state index contributed by atoms with van der Waals surface area (Å²) in [6, 6.07) is 0. The summed E-state index contributed by atoms with van der Waals surface area (Å²) in [6.45, 7) is 3.50. The van der Waals surface area contributed by atoms with Crippen molar-refractivity contribution in [3.8, 4) is 6.57 Å². The molecule has 0 unspecified atom stereocenters. The second-order valence-corrected chi connectivity index (χ2v) is 0. The van der Waals surface area contributed by atoms with Crippen LogP contribution >= 0.6 is 0 Å². The van der Waals surface area contributed by atoms with E-state index in [2.05, 4.69) is 6.57 Å². The van der Waals surface area contributed by atoms with E-state index in [1.54, 1.807) is 0 Å². The molecule has 0 aromatic heterocycles. The van der Waals surface area contributed by atoms with Crippen molar-refractivity contribution in [2.75, 3.05) is 0 Å². The second kappa shape index (κ2) is 21.8. The fraction of sp³-hybridized carbons (Fsp3) is 0. The van der Waals surface area contributed by atoms with Gasteiger partial charge in [0.05, 0.1) is 0 Å². The van der Waals surface area contributed by atoms with Gasteiger partial charge in [0.2, 0.25) is 0 Å². The van der Waals surface area contributed by atoms with Crippen LogP contribution in [0, 0.1) is 11.8 Å². The van der Waals surface area contributed by atoms with Gasteiger partial charge < -0.3 is 1.43 Å². The Morgan fingerprint density at radius 3 is 1.50 bits per heavy atom. The third kappa shape index (κ3) is 9.26. The molecule has 0 aliphatic carbocycles. The summed E-state index contributed by atoms with van der Waals surface area (Å²) in [4.78, 5) is 0. The van der Waals surface area contributed by atoms with Gasteiger partial charge in [-0.15, -0.1) is 0 Å². The van der Waals surface area contributed by atoms with Crippen molar-refractivity contribution in [1.82, 2.24) is 0 Å². The van der Waals surface area contributed by atoms with Gasteiger partial charge in [-0.3, -0.25) is 0 Å². The van der Waals surface area contributed by atoms with E-state index in [1.807, 2.05) is 0 Å². The molecular formula is CH2KNRu. The van der Waals surface area contributed by atoms with Gasteiger partial charge in [-0.2, -0.15) is 0 Å². The van der Waals surface area contributed by atoms with E-state index in [9.17, 15) is 0 Å². The molecule has 0 atom stereocenters. The summed E-state index contributed by atoms with van der Waals surface area (Å²) in [5.41, 5.74) is 0. The first-order valence-corrected chi connectivity index (χ1v) is 0.258. The molecule has 0 rings (SSSR count). The monoisotopic (exact) mass is 169 g/mol. The fourth-order valence-electron chi connectivity index (χ4n) is 0. The Bertz CT molecular complexity index is 16.4. The van der Waals surface area contributed by atoms with Crippen LogP contribution in [-0.4, -0.2) is 0 Å². The van der Waals surface area contributed by atoms with Gasteiger partial charge in [-0.1, -0.05) is 0 Å². The van der Waals surface area contributed by atoms with Crippen LogP contribution in [0.1, 0.15) is 1.43 Å². The molecule has 0 heterocycles. The van der Waals surface area contributed by atoms with Gasteiger partial charge in [-0.05, 0) is 0 Å². The van der Waals surface area contributed by atoms with Crippen molar-refractivity contribution in [2.45, 2.75) is 0 Å². The summed E-state index contributed by atoms with van der Waals surface area (Å²) >= 11 is 0. The predicted octanol–water partition coefficient (Wildman–Crippen LogP) is -2.75. The molecule has 0 amide bonds. The maximum absolute atomic E-state index is 6.50. The summed E-state index contributed by atoms with van der Waals surface area (Å²) in [7, 11) is 0. The molecule has 0 aliphatic rings.